The molecule has 0 bridgehead atoms. The highest BCUT2D eigenvalue weighted by Gasteiger charge is 2.43. The summed E-state index contributed by atoms with van der Waals surface area (Å²) in [6, 6.07) is 3.26. The molecule has 2 aromatic heterocycles. The molecule has 3 rings (SSSR count). The predicted octanol–water partition coefficient (Wildman–Crippen LogP) is 4.72. The van der Waals surface area contributed by atoms with Gasteiger partial charge in [0.05, 0.1) is 16.8 Å². The number of hydrogen-bond acceptors (Lipinski definition) is 3. The van der Waals surface area contributed by atoms with E-state index in [4.69, 9.17) is 5.26 Å². The van der Waals surface area contributed by atoms with Gasteiger partial charge in [-0.15, -0.1) is 0 Å². The molecule has 0 spiro atoms. The van der Waals surface area contributed by atoms with Crippen LogP contribution in [-0.4, -0.2) is 14.6 Å². The summed E-state index contributed by atoms with van der Waals surface area (Å²) in [4.78, 5) is 16.9. The van der Waals surface area contributed by atoms with Gasteiger partial charge < -0.3 is 0 Å². The molecule has 2 heterocycles. The Hall–Kier alpha value is -3.29. The molecule has 0 aliphatic carbocycles. The van der Waals surface area contributed by atoms with Crippen molar-refractivity contribution in [2.75, 3.05) is 0 Å². The molecule has 1 aromatic carbocycles. The molecule has 0 fully saturated rings. The van der Waals surface area contributed by atoms with Crippen molar-refractivity contribution in [3.63, 3.8) is 0 Å². The summed E-state index contributed by atoms with van der Waals surface area (Å²) >= 11 is 0. The third kappa shape index (κ3) is 3.46. The van der Waals surface area contributed by atoms with Gasteiger partial charge in [0.25, 0.3) is 5.56 Å². The molecule has 0 saturated carbocycles. The maximum atomic E-state index is 13.3. The Balaban J connectivity index is 2.40. The number of H-pyrrole nitrogens is 1. The number of rotatable bonds is 2. The van der Waals surface area contributed by atoms with Gasteiger partial charge in [-0.3, -0.25) is 9.89 Å². The van der Waals surface area contributed by atoms with E-state index in [9.17, 15) is 31.1 Å². The second-order valence-corrected chi connectivity index (χ2v) is 6.55. The molecule has 152 valence electrons. The van der Waals surface area contributed by atoms with Crippen LogP contribution in [0, 0.1) is 11.3 Å². The van der Waals surface area contributed by atoms with Gasteiger partial charge in [0.15, 0.2) is 5.65 Å². The first-order valence-corrected chi connectivity index (χ1v) is 8.19. The van der Waals surface area contributed by atoms with Crippen LogP contribution in [0.25, 0.3) is 16.9 Å². The highest BCUT2D eigenvalue weighted by atomic mass is 19.4. The van der Waals surface area contributed by atoms with Gasteiger partial charge in [0.1, 0.15) is 11.6 Å². The molecule has 0 aliphatic rings. The van der Waals surface area contributed by atoms with Crippen LogP contribution in [0.1, 0.15) is 42.0 Å². The zero-order valence-electron chi connectivity index (χ0n) is 14.9. The van der Waals surface area contributed by atoms with Crippen LogP contribution in [-0.2, 0) is 12.4 Å². The lowest BCUT2D eigenvalue weighted by atomic mass is 9.95. The Morgan fingerprint density at radius 2 is 1.72 bits per heavy atom. The number of nitriles is 1. The van der Waals surface area contributed by atoms with E-state index in [-0.39, 0.29) is 28.0 Å². The van der Waals surface area contributed by atoms with Crippen LogP contribution in [0.3, 0.4) is 0 Å². The van der Waals surface area contributed by atoms with Gasteiger partial charge in [-0.25, -0.2) is 9.50 Å². The summed E-state index contributed by atoms with van der Waals surface area (Å²) in [7, 11) is 0. The van der Waals surface area contributed by atoms with Gasteiger partial charge in [0, 0.05) is 17.3 Å². The fourth-order valence-corrected chi connectivity index (χ4v) is 3.02. The van der Waals surface area contributed by atoms with E-state index in [2.05, 4.69) is 10.1 Å². The van der Waals surface area contributed by atoms with E-state index in [0.29, 0.717) is 12.1 Å². The highest BCUT2D eigenvalue weighted by Crippen LogP contribution is 2.42. The molecule has 0 aliphatic heterocycles. The molecule has 3 aromatic rings. The summed E-state index contributed by atoms with van der Waals surface area (Å²) < 4.78 is 80.0. The van der Waals surface area contributed by atoms with Crippen LogP contribution in [0.5, 0.6) is 0 Å². The van der Waals surface area contributed by atoms with Crippen molar-refractivity contribution in [1.29, 1.82) is 5.26 Å². The van der Waals surface area contributed by atoms with Gasteiger partial charge >= 0.3 is 12.4 Å². The summed E-state index contributed by atoms with van der Waals surface area (Å²) in [6.45, 7) is 3.19. The monoisotopic (exact) mass is 414 g/mol. The Bertz CT molecular complexity index is 1190. The first-order valence-electron chi connectivity index (χ1n) is 8.19. The largest absolute Gasteiger partial charge is 0.417 e. The number of alkyl halides is 6. The Kier molecular flexibility index (Phi) is 4.69. The molecule has 1 N–H and O–H groups in total. The quantitative estimate of drug-likeness (QED) is 0.617. The fourth-order valence-electron chi connectivity index (χ4n) is 3.02. The van der Waals surface area contributed by atoms with Crippen LogP contribution in [0.2, 0.25) is 0 Å². The number of nitrogens with one attached hydrogen (secondary N) is 1. The van der Waals surface area contributed by atoms with Gasteiger partial charge in [-0.1, -0.05) is 19.9 Å². The number of hydrogen-bond donors (Lipinski definition) is 1. The summed E-state index contributed by atoms with van der Waals surface area (Å²) in [5.41, 5.74) is -5.06. The summed E-state index contributed by atoms with van der Waals surface area (Å²) in [6.07, 6.45) is -9.29. The molecule has 11 heteroatoms. The molecule has 0 unspecified atom stereocenters. The molecular formula is C18H12F6N4O. The number of nitrogens with zero attached hydrogens (tertiary/aromatic N) is 3. The zero-order valence-corrected chi connectivity index (χ0v) is 14.9. The van der Waals surface area contributed by atoms with Crippen molar-refractivity contribution < 1.29 is 26.3 Å². The van der Waals surface area contributed by atoms with Crippen molar-refractivity contribution in [2.24, 2.45) is 0 Å². The maximum absolute atomic E-state index is 13.3. The minimum atomic E-state index is -5.27. The van der Waals surface area contributed by atoms with Crippen LogP contribution < -0.4 is 5.56 Å². The molecule has 29 heavy (non-hydrogen) atoms. The number of halogens is 6. The van der Waals surface area contributed by atoms with E-state index >= 15 is 0 Å². The second-order valence-electron chi connectivity index (χ2n) is 6.55. The lowest BCUT2D eigenvalue weighted by Crippen LogP contribution is -2.23. The van der Waals surface area contributed by atoms with Crippen molar-refractivity contribution >= 4 is 5.65 Å². The Labute approximate surface area is 159 Å². The first kappa shape index (κ1) is 20.4. The Morgan fingerprint density at radius 1 is 1.10 bits per heavy atom. The molecule has 0 radical (unpaired) electrons. The SMILES string of the molecule is CC(C)c1c(-c2ccc(C(F)(F)F)c(C(F)(F)F)c2)nc2c(C#N)c[nH]n2c1=O. The number of benzene rings is 1. The van der Waals surface area contributed by atoms with E-state index in [0.717, 1.165) is 10.6 Å². The minimum absolute atomic E-state index is 0.00160. The smallest absolute Gasteiger partial charge is 0.295 e. The number of aromatic nitrogens is 3. The van der Waals surface area contributed by atoms with Gasteiger partial charge in [0.2, 0.25) is 0 Å². The van der Waals surface area contributed by atoms with Crippen molar-refractivity contribution in [3.05, 3.63) is 57.0 Å². The molecule has 0 amide bonds. The topological polar surface area (TPSA) is 73.9 Å². The lowest BCUT2D eigenvalue weighted by Gasteiger charge is -2.18. The van der Waals surface area contributed by atoms with Crippen LogP contribution in [0.15, 0.2) is 29.2 Å². The van der Waals surface area contributed by atoms with Gasteiger partial charge in [-0.05, 0) is 18.1 Å². The van der Waals surface area contributed by atoms with E-state index < -0.39 is 35.0 Å². The molecule has 0 saturated heterocycles. The van der Waals surface area contributed by atoms with Crippen molar-refractivity contribution in [2.45, 2.75) is 32.1 Å². The van der Waals surface area contributed by atoms with Crippen molar-refractivity contribution in [1.82, 2.24) is 14.6 Å². The predicted molar refractivity (Wildman–Crippen MR) is 90.1 cm³/mol. The second kappa shape index (κ2) is 6.65. The normalized spacial score (nSPS) is 12.6. The average Bonchev–Trinajstić information content (AvgIpc) is 3.02. The summed E-state index contributed by atoms with van der Waals surface area (Å²) in [5, 5.41) is 11.7. The Morgan fingerprint density at radius 3 is 2.24 bits per heavy atom. The van der Waals surface area contributed by atoms with E-state index in [1.165, 1.54) is 6.20 Å². The van der Waals surface area contributed by atoms with E-state index in [1.807, 2.05) is 0 Å². The molecule has 5 nitrogen and oxygen atoms in total. The fraction of sp³-hybridized carbons (Fsp3) is 0.278. The van der Waals surface area contributed by atoms with Gasteiger partial charge in [-0.2, -0.15) is 31.6 Å². The lowest BCUT2D eigenvalue weighted by molar-refractivity contribution is -0.162. The zero-order chi connectivity index (χ0) is 21.7. The third-order valence-corrected chi connectivity index (χ3v) is 4.30. The first-order chi connectivity index (χ1) is 13.4. The maximum Gasteiger partial charge on any atom is 0.417 e. The standard InChI is InChI=1S/C18H12F6N4O/c1-8(2)13-14(27-15-10(6-25)7-26-28(15)16(13)29)9-3-4-11(17(19,20)21)12(5-9)18(22,23)24/h3-5,7-8,26H,1-2H3. The van der Waals surface area contributed by atoms with E-state index in [1.54, 1.807) is 19.9 Å². The number of fused-ring (bicyclic) bond motifs is 1. The van der Waals surface area contributed by atoms with Crippen LogP contribution in [0.4, 0.5) is 26.3 Å². The third-order valence-electron chi connectivity index (χ3n) is 4.30. The molecular weight excluding hydrogens is 402 g/mol. The average molecular weight is 414 g/mol. The minimum Gasteiger partial charge on any atom is -0.295 e. The van der Waals surface area contributed by atoms with Crippen LogP contribution >= 0.6 is 0 Å². The number of aromatic amines is 1. The van der Waals surface area contributed by atoms with Crippen molar-refractivity contribution in [3.8, 4) is 17.3 Å². The highest BCUT2D eigenvalue weighted by molar-refractivity contribution is 5.69. The molecule has 0 atom stereocenters. The summed E-state index contributed by atoms with van der Waals surface area (Å²) in [5.74, 6) is -0.507.